The Morgan fingerprint density at radius 3 is 2.38 bits per heavy atom. The van der Waals surface area contributed by atoms with Crippen LogP contribution in [0.25, 0.3) is 0 Å². The summed E-state index contributed by atoms with van der Waals surface area (Å²) in [6.07, 6.45) is 1.55. The van der Waals surface area contributed by atoms with Crippen LogP contribution in [0.15, 0.2) is 48.5 Å². The molecule has 0 heterocycles. The molecule has 0 bridgehead atoms. The molecule has 1 nitrogen and oxygen atoms in total. The lowest BCUT2D eigenvalue weighted by Crippen LogP contribution is -2.12. The van der Waals surface area contributed by atoms with Gasteiger partial charge in [-0.3, -0.25) is 0 Å². The molecule has 0 radical (unpaired) electrons. The van der Waals surface area contributed by atoms with E-state index in [9.17, 15) is 5.11 Å². The fourth-order valence-electron chi connectivity index (χ4n) is 2.65. The Balaban J connectivity index is 2.38. The summed E-state index contributed by atoms with van der Waals surface area (Å²) in [6, 6.07) is 16.5. The lowest BCUT2D eigenvalue weighted by atomic mass is 9.84. The molecule has 1 N–H and O–H groups in total. The summed E-state index contributed by atoms with van der Waals surface area (Å²) in [4.78, 5) is 0. The average molecular weight is 282 g/mol. The van der Waals surface area contributed by atoms with Crippen LogP contribution in [0.2, 0.25) is 0 Å². The smallest absolute Gasteiger partial charge is 0.104 e. The van der Waals surface area contributed by atoms with Gasteiger partial charge >= 0.3 is 0 Å². The number of aliphatic hydroxyl groups excluding tert-OH is 1. The fourth-order valence-corrected chi connectivity index (χ4v) is 2.65. The first-order chi connectivity index (χ1) is 9.93. The van der Waals surface area contributed by atoms with Crippen LogP contribution in [-0.2, 0) is 11.8 Å². The van der Waals surface area contributed by atoms with Crippen LogP contribution in [0.3, 0.4) is 0 Å². The largest absolute Gasteiger partial charge is 0.384 e. The fraction of sp³-hybridized carbons (Fsp3) is 0.400. The second-order valence-electron chi connectivity index (χ2n) is 6.73. The lowest BCUT2D eigenvalue weighted by Gasteiger charge is -2.22. The highest BCUT2D eigenvalue weighted by molar-refractivity contribution is 5.38. The maximum Gasteiger partial charge on any atom is 0.104 e. The van der Waals surface area contributed by atoms with Gasteiger partial charge in [-0.2, -0.15) is 0 Å². The van der Waals surface area contributed by atoms with Crippen LogP contribution in [-0.4, -0.2) is 5.11 Å². The molecule has 2 aromatic carbocycles. The quantitative estimate of drug-likeness (QED) is 0.835. The van der Waals surface area contributed by atoms with Crippen molar-refractivity contribution in [1.82, 2.24) is 0 Å². The van der Waals surface area contributed by atoms with Gasteiger partial charge < -0.3 is 5.11 Å². The van der Waals surface area contributed by atoms with Crippen molar-refractivity contribution < 1.29 is 5.11 Å². The standard InChI is InChI=1S/C20H26O/c1-5-9-15-10-6-7-13-18(15)19(21)16-11-8-12-17(14-16)20(2,3)4/h6-8,10-14,19,21H,5,9H2,1-4H3. The molecule has 2 rings (SSSR count). The molecule has 0 amide bonds. The van der Waals surface area contributed by atoms with Crippen LogP contribution in [0, 0.1) is 0 Å². The van der Waals surface area contributed by atoms with E-state index < -0.39 is 6.10 Å². The van der Waals surface area contributed by atoms with Gasteiger partial charge in [-0.05, 0) is 34.1 Å². The molecule has 0 spiro atoms. The molecule has 0 saturated carbocycles. The first-order valence-corrected chi connectivity index (χ1v) is 7.79. The third-order valence-electron chi connectivity index (χ3n) is 3.94. The van der Waals surface area contributed by atoms with E-state index in [1.54, 1.807) is 0 Å². The maximum atomic E-state index is 10.8. The normalized spacial score (nSPS) is 13.2. The predicted octanol–water partition coefficient (Wildman–Crippen LogP) is 5.02. The molecule has 1 heteroatoms. The molecule has 21 heavy (non-hydrogen) atoms. The first kappa shape index (κ1) is 15.8. The minimum absolute atomic E-state index is 0.0959. The molecule has 0 aliphatic rings. The van der Waals surface area contributed by atoms with Crippen molar-refractivity contribution in [2.45, 2.75) is 52.1 Å². The molecule has 0 aromatic heterocycles. The summed E-state index contributed by atoms with van der Waals surface area (Å²) in [5.41, 5.74) is 4.61. The summed E-state index contributed by atoms with van der Waals surface area (Å²) in [6.45, 7) is 8.76. The number of rotatable bonds is 4. The van der Waals surface area contributed by atoms with Crippen LogP contribution < -0.4 is 0 Å². The van der Waals surface area contributed by atoms with Crippen LogP contribution >= 0.6 is 0 Å². The maximum absolute atomic E-state index is 10.8. The second-order valence-corrected chi connectivity index (χ2v) is 6.73. The highest BCUT2D eigenvalue weighted by Crippen LogP contribution is 2.29. The number of aryl methyl sites for hydroxylation is 1. The molecule has 0 aliphatic heterocycles. The Morgan fingerprint density at radius 1 is 1.00 bits per heavy atom. The Bertz CT molecular complexity index is 593. The summed E-state index contributed by atoms with van der Waals surface area (Å²) < 4.78 is 0. The van der Waals surface area contributed by atoms with Gasteiger partial charge in [-0.1, -0.05) is 82.6 Å². The van der Waals surface area contributed by atoms with E-state index in [1.807, 2.05) is 30.3 Å². The van der Waals surface area contributed by atoms with Gasteiger partial charge in [0.15, 0.2) is 0 Å². The average Bonchev–Trinajstić information content (AvgIpc) is 2.47. The van der Waals surface area contributed by atoms with Crippen molar-refractivity contribution in [2.24, 2.45) is 0 Å². The predicted molar refractivity (Wildman–Crippen MR) is 89.6 cm³/mol. The van der Waals surface area contributed by atoms with Gasteiger partial charge in [0.1, 0.15) is 6.10 Å². The number of aliphatic hydroxyl groups is 1. The topological polar surface area (TPSA) is 20.2 Å². The van der Waals surface area contributed by atoms with E-state index in [2.05, 4.69) is 45.9 Å². The zero-order chi connectivity index (χ0) is 15.5. The molecule has 1 unspecified atom stereocenters. The van der Waals surface area contributed by atoms with Crippen molar-refractivity contribution in [3.63, 3.8) is 0 Å². The monoisotopic (exact) mass is 282 g/mol. The van der Waals surface area contributed by atoms with Gasteiger partial charge in [0, 0.05) is 0 Å². The number of benzene rings is 2. The zero-order valence-electron chi connectivity index (χ0n) is 13.6. The van der Waals surface area contributed by atoms with Crippen molar-refractivity contribution in [3.05, 3.63) is 70.8 Å². The molecular formula is C20H26O. The Kier molecular flexibility index (Phi) is 4.84. The van der Waals surface area contributed by atoms with Gasteiger partial charge in [0.25, 0.3) is 0 Å². The molecule has 0 saturated heterocycles. The third-order valence-corrected chi connectivity index (χ3v) is 3.94. The summed E-state index contributed by atoms with van der Waals surface area (Å²) in [7, 11) is 0. The van der Waals surface area contributed by atoms with E-state index in [0.29, 0.717) is 0 Å². The Hall–Kier alpha value is -1.60. The summed E-state index contributed by atoms with van der Waals surface area (Å²) in [5, 5.41) is 10.8. The van der Waals surface area contributed by atoms with Gasteiger partial charge in [0.2, 0.25) is 0 Å². The molecule has 2 aromatic rings. The molecule has 112 valence electrons. The van der Waals surface area contributed by atoms with E-state index >= 15 is 0 Å². The number of hydrogen-bond donors (Lipinski definition) is 1. The van der Waals surface area contributed by atoms with Gasteiger partial charge in [0.05, 0.1) is 0 Å². The third kappa shape index (κ3) is 3.74. The summed E-state index contributed by atoms with van der Waals surface area (Å²) >= 11 is 0. The van der Waals surface area contributed by atoms with Crippen molar-refractivity contribution >= 4 is 0 Å². The van der Waals surface area contributed by atoms with Gasteiger partial charge in [-0.15, -0.1) is 0 Å². The van der Waals surface area contributed by atoms with E-state index in [-0.39, 0.29) is 5.41 Å². The Labute approximate surface area is 128 Å². The van der Waals surface area contributed by atoms with E-state index in [4.69, 9.17) is 0 Å². The lowest BCUT2D eigenvalue weighted by molar-refractivity contribution is 0.219. The van der Waals surface area contributed by atoms with Gasteiger partial charge in [-0.25, -0.2) is 0 Å². The summed E-state index contributed by atoms with van der Waals surface area (Å²) in [5.74, 6) is 0. The SMILES string of the molecule is CCCc1ccccc1C(O)c1cccc(C(C)(C)C)c1. The Morgan fingerprint density at radius 2 is 1.71 bits per heavy atom. The number of hydrogen-bond acceptors (Lipinski definition) is 1. The highest BCUT2D eigenvalue weighted by atomic mass is 16.3. The first-order valence-electron chi connectivity index (χ1n) is 7.79. The van der Waals surface area contributed by atoms with Crippen LogP contribution in [0.5, 0.6) is 0 Å². The molecule has 0 fully saturated rings. The van der Waals surface area contributed by atoms with Crippen molar-refractivity contribution in [1.29, 1.82) is 0 Å². The molecule has 1 atom stereocenters. The van der Waals surface area contributed by atoms with Crippen LogP contribution in [0.1, 0.15) is 62.5 Å². The van der Waals surface area contributed by atoms with E-state index in [0.717, 1.165) is 24.0 Å². The highest BCUT2D eigenvalue weighted by Gasteiger charge is 2.18. The van der Waals surface area contributed by atoms with Crippen molar-refractivity contribution in [3.8, 4) is 0 Å². The minimum atomic E-state index is -0.546. The van der Waals surface area contributed by atoms with Crippen molar-refractivity contribution in [2.75, 3.05) is 0 Å². The van der Waals surface area contributed by atoms with Crippen LogP contribution in [0.4, 0.5) is 0 Å². The second kappa shape index (κ2) is 6.44. The minimum Gasteiger partial charge on any atom is -0.384 e. The molecular weight excluding hydrogens is 256 g/mol. The zero-order valence-corrected chi connectivity index (χ0v) is 13.6. The molecule has 0 aliphatic carbocycles. The van der Waals surface area contributed by atoms with E-state index in [1.165, 1.54) is 11.1 Å².